The van der Waals surface area contributed by atoms with Crippen LogP contribution in [0, 0.1) is 11.8 Å². The average Bonchev–Trinajstić information content (AvgIpc) is 2.81. The van der Waals surface area contributed by atoms with E-state index in [1.165, 1.54) is 19.3 Å². The molecular formula is C14H25N3O. The number of anilines is 1. The fourth-order valence-electron chi connectivity index (χ4n) is 2.78. The number of hydrogen-bond donors (Lipinski definition) is 1. The molecule has 1 aliphatic carbocycles. The Hall–Kier alpha value is -1.03. The summed E-state index contributed by atoms with van der Waals surface area (Å²) >= 11 is 0. The Morgan fingerprint density at radius 3 is 2.94 bits per heavy atom. The Morgan fingerprint density at radius 1 is 1.39 bits per heavy atom. The second kappa shape index (κ2) is 6.23. The molecule has 3 atom stereocenters. The van der Waals surface area contributed by atoms with Crippen molar-refractivity contribution in [3.05, 3.63) is 12.4 Å². The molecule has 3 unspecified atom stereocenters. The maximum Gasteiger partial charge on any atom is 0.203 e. The number of aromatic nitrogens is 2. The van der Waals surface area contributed by atoms with Gasteiger partial charge in [-0.3, -0.25) is 0 Å². The van der Waals surface area contributed by atoms with E-state index < -0.39 is 0 Å². The van der Waals surface area contributed by atoms with Crippen molar-refractivity contribution in [3.63, 3.8) is 0 Å². The summed E-state index contributed by atoms with van der Waals surface area (Å²) in [5.41, 5.74) is 0. The quantitative estimate of drug-likeness (QED) is 0.818. The zero-order chi connectivity index (χ0) is 13.0. The maximum absolute atomic E-state index is 5.06. The number of hydrogen-bond acceptors (Lipinski definition) is 3. The SMILES string of the molecule is COCCNc1nccn1C1CCC(C)C(C)C1. The molecule has 1 aliphatic rings. The summed E-state index contributed by atoms with van der Waals surface area (Å²) in [7, 11) is 1.72. The molecule has 1 saturated carbocycles. The average molecular weight is 251 g/mol. The molecule has 0 saturated heterocycles. The van der Waals surface area contributed by atoms with Crippen molar-refractivity contribution < 1.29 is 4.74 Å². The minimum Gasteiger partial charge on any atom is -0.383 e. The van der Waals surface area contributed by atoms with Gasteiger partial charge in [-0.05, 0) is 31.1 Å². The largest absolute Gasteiger partial charge is 0.383 e. The first-order valence-electron chi connectivity index (χ1n) is 6.98. The van der Waals surface area contributed by atoms with Gasteiger partial charge >= 0.3 is 0 Å². The fraction of sp³-hybridized carbons (Fsp3) is 0.786. The molecule has 1 aromatic rings. The lowest BCUT2D eigenvalue weighted by Crippen LogP contribution is -2.24. The van der Waals surface area contributed by atoms with Crippen molar-refractivity contribution in [3.8, 4) is 0 Å². The van der Waals surface area contributed by atoms with Gasteiger partial charge in [0.15, 0.2) is 0 Å². The molecule has 0 aliphatic heterocycles. The van der Waals surface area contributed by atoms with Crippen molar-refractivity contribution in [1.29, 1.82) is 0 Å². The maximum atomic E-state index is 5.06. The van der Waals surface area contributed by atoms with Crippen LogP contribution >= 0.6 is 0 Å². The van der Waals surface area contributed by atoms with Crippen LogP contribution in [0.3, 0.4) is 0 Å². The topological polar surface area (TPSA) is 39.1 Å². The summed E-state index contributed by atoms with van der Waals surface area (Å²) in [5, 5.41) is 3.34. The van der Waals surface area contributed by atoms with Gasteiger partial charge in [-0.15, -0.1) is 0 Å². The lowest BCUT2D eigenvalue weighted by atomic mass is 9.79. The van der Waals surface area contributed by atoms with Crippen LogP contribution in [-0.4, -0.2) is 29.8 Å². The van der Waals surface area contributed by atoms with Crippen molar-refractivity contribution >= 4 is 5.95 Å². The molecule has 2 rings (SSSR count). The summed E-state index contributed by atoms with van der Waals surface area (Å²) < 4.78 is 7.36. The third-order valence-electron chi connectivity index (χ3n) is 4.22. The van der Waals surface area contributed by atoms with Crippen molar-refractivity contribution in [2.45, 2.75) is 39.2 Å². The predicted molar refractivity (Wildman–Crippen MR) is 73.8 cm³/mol. The highest BCUT2D eigenvalue weighted by Gasteiger charge is 2.26. The van der Waals surface area contributed by atoms with Gasteiger partial charge in [0.05, 0.1) is 6.61 Å². The van der Waals surface area contributed by atoms with E-state index in [0.717, 1.165) is 24.3 Å². The highest BCUT2D eigenvalue weighted by atomic mass is 16.5. The Bertz CT molecular complexity index is 364. The van der Waals surface area contributed by atoms with Crippen LogP contribution in [0.4, 0.5) is 5.95 Å². The van der Waals surface area contributed by atoms with Crippen LogP contribution in [0.25, 0.3) is 0 Å². The van der Waals surface area contributed by atoms with Gasteiger partial charge < -0.3 is 14.6 Å². The van der Waals surface area contributed by atoms with E-state index in [4.69, 9.17) is 4.74 Å². The number of methoxy groups -OCH3 is 1. The van der Waals surface area contributed by atoms with E-state index in [-0.39, 0.29) is 0 Å². The molecule has 0 spiro atoms. The van der Waals surface area contributed by atoms with Crippen molar-refractivity contribution in [2.24, 2.45) is 11.8 Å². The van der Waals surface area contributed by atoms with Crippen LogP contribution < -0.4 is 5.32 Å². The normalized spacial score (nSPS) is 28.3. The van der Waals surface area contributed by atoms with E-state index >= 15 is 0 Å². The Kier molecular flexibility index (Phi) is 4.64. The number of nitrogens with zero attached hydrogens (tertiary/aromatic N) is 2. The molecule has 1 fully saturated rings. The van der Waals surface area contributed by atoms with Crippen LogP contribution in [0.1, 0.15) is 39.2 Å². The molecule has 4 nitrogen and oxygen atoms in total. The lowest BCUT2D eigenvalue weighted by Gasteiger charge is -2.33. The summed E-state index contributed by atoms with van der Waals surface area (Å²) in [6.45, 7) is 6.26. The van der Waals surface area contributed by atoms with Crippen LogP contribution in [0.5, 0.6) is 0 Å². The summed E-state index contributed by atoms with van der Waals surface area (Å²) in [6.07, 6.45) is 7.83. The minimum atomic E-state index is 0.601. The number of rotatable bonds is 5. The third kappa shape index (κ3) is 3.05. The first-order valence-corrected chi connectivity index (χ1v) is 6.98. The number of nitrogens with one attached hydrogen (secondary N) is 1. The molecule has 0 amide bonds. The van der Waals surface area contributed by atoms with Gasteiger partial charge in [-0.2, -0.15) is 0 Å². The zero-order valence-corrected chi connectivity index (χ0v) is 11.7. The third-order valence-corrected chi connectivity index (χ3v) is 4.22. The zero-order valence-electron chi connectivity index (χ0n) is 11.7. The molecular weight excluding hydrogens is 226 g/mol. The molecule has 0 aromatic carbocycles. The second-order valence-corrected chi connectivity index (χ2v) is 5.50. The van der Waals surface area contributed by atoms with Gasteiger partial charge in [0, 0.05) is 32.1 Å². The van der Waals surface area contributed by atoms with Gasteiger partial charge in [0.25, 0.3) is 0 Å². The molecule has 102 valence electrons. The first-order chi connectivity index (χ1) is 8.72. The molecule has 1 aromatic heterocycles. The molecule has 0 bridgehead atoms. The van der Waals surface area contributed by atoms with E-state index in [1.807, 2.05) is 6.20 Å². The summed E-state index contributed by atoms with van der Waals surface area (Å²) in [6, 6.07) is 0.601. The standard InChI is InChI=1S/C14H25N3O/c1-11-4-5-13(10-12(11)2)17-8-6-15-14(17)16-7-9-18-3/h6,8,11-13H,4-5,7,9-10H2,1-3H3,(H,15,16). The number of imidazole rings is 1. The minimum absolute atomic E-state index is 0.601. The van der Waals surface area contributed by atoms with Crippen molar-refractivity contribution in [1.82, 2.24) is 9.55 Å². The monoisotopic (exact) mass is 251 g/mol. The van der Waals surface area contributed by atoms with Crippen molar-refractivity contribution in [2.75, 3.05) is 25.6 Å². The van der Waals surface area contributed by atoms with Gasteiger partial charge in [-0.25, -0.2) is 4.98 Å². The molecule has 4 heteroatoms. The lowest BCUT2D eigenvalue weighted by molar-refractivity contribution is 0.207. The molecule has 1 heterocycles. The Morgan fingerprint density at radius 2 is 2.22 bits per heavy atom. The van der Waals surface area contributed by atoms with E-state index in [0.29, 0.717) is 12.6 Å². The summed E-state index contributed by atoms with van der Waals surface area (Å²) in [4.78, 5) is 4.40. The first kappa shape index (κ1) is 13.4. The van der Waals surface area contributed by atoms with Crippen LogP contribution in [0.2, 0.25) is 0 Å². The molecule has 18 heavy (non-hydrogen) atoms. The number of ether oxygens (including phenoxy) is 1. The Labute approximate surface area is 110 Å². The Balaban J connectivity index is 1.98. The fourth-order valence-corrected chi connectivity index (χ4v) is 2.78. The highest BCUT2D eigenvalue weighted by molar-refractivity contribution is 5.26. The van der Waals surface area contributed by atoms with E-state index in [9.17, 15) is 0 Å². The van der Waals surface area contributed by atoms with Gasteiger partial charge in [-0.1, -0.05) is 13.8 Å². The van der Waals surface area contributed by atoms with Crippen LogP contribution in [-0.2, 0) is 4.74 Å². The second-order valence-electron chi connectivity index (χ2n) is 5.50. The van der Waals surface area contributed by atoms with Gasteiger partial charge in [0.1, 0.15) is 0 Å². The van der Waals surface area contributed by atoms with Crippen LogP contribution in [0.15, 0.2) is 12.4 Å². The predicted octanol–water partition coefficient (Wildman–Crippen LogP) is 2.94. The molecule has 0 radical (unpaired) electrons. The van der Waals surface area contributed by atoms with E-state index in [2.05, 4.69) is 34.9 Å². The van der Waals surface area contributed by atoms with Gasteiger partial charge in [0.2, 0.25) is 5.95 Å². The summed E-state index contributed by atoms with van der Waals surface area (Å²) in [5.74, 6) is 2.64. The van der Waals surface area contributed by atoms with E-state index in [1.54, 1.807) is 7.11 Å². The smallest absolute Gasteiger partial charge is 0.203 e. The highest BCUT2D eigenvalue weighted by Crippen LogP contribution is 2.37. The molecule has 1 N–H and O–H groups in total.